The van der Waals surface area contributed by atoms with Gasteiger partial charge >= 0.3 is 6.03 Å². The van der Waals surface area contributed by atoms with E-state index in [1.165, 1.54) is 12.1 Å². The van der Waals surface area contributed by atoms with E-state index in [1.807, 2.05) is 43.4 Å². The summed E-state index contributed by atoms with van der Waals surface area (Å²) in [6.45, 7) is 0.891. The molecule has 2 heterocycles. The first kappa shape index (κ1) is 20.3. The van der Waals surface area contributed by atoms with Gasteiger partial charge in [-0.1, -0.05) is 30.3 Å². The number of carbonyl (C=O) groups excluding carboxylic acids is 1. The van der Waals surface area contributed by atoms with Crippen LogP contribution in [0.15, 0.2) is 73.1 Å². The maximum Gasteiger partial charge on any atom is 0.315 e. The van der Waals surface area contributed by atoms with Gasteiger partial charge in [0.2, 0.25) is 0 Å². The van der Waals surface area contributed by atoms with Gasteiger partial charge in [0.15, 0.2) is 0 Å². The summed E-state index contributed by atoms with van der Waals surface area (Å²) in [5, 5.41) is 9.97. The molecule has 2 aromatic carbocycles. The van der Waals surface area contributed by atoms with Crippen LogP contribution in [0, 0.1) is 5.82 Å². The van der Waals surface area contributed by atoms with E-state index in [9.17, 15) is 9.18 Å². The second-order valence-electron chi connectivity index (χ2n) is 7.10. The highest BCUT2D eigenvalue weighted by Gasteiger charge is 2.21. The quantitative estimate of drug-likeness (QED) is 0.401. The average molecular weight is 418 g/mol. The van der Waals surface area contributed by atoms with Crippen LogP contribution in [-0.2, 0) is 7.05 Å². The second-order valence-corrected chi connectivity index (χ2v) is 7.10. The largest absolute Gasteiger partial charge is 0.368 e. The molecule has 3 N–H and O–H groups in total. The summed E-state index contributed by atoms with van der Waals surface area (Å²) >= 11 is 0. The van der Waals surface area contributed by atoms with Gasteiger partial charge in [0.05, 0.1) is 5.52 Å². The van der Waals surface area contributed by atoms with E-state index in [-0.39, 0.29) is 11.8 Å². The molecular weight excluding hydrogens is 395 g/mol. The molecular formula is C23H23FN6O. The molecule has 4 rings (SSSR count). The van der Waals surface area contributed by atoms with Crippen molar-refractivity contribution in [3.63, 3.8) is 0 Å². The first-order valence-corrected chi connectivity index (χ1v) is 9.97. The third kappa shape index (κ3) is 4.98. The number of rotatable bonds is 7. The lowest BCUT2D eigenvalue weighted by atomic mass is 10.1. The Balaban J connectivity index is 1.35. The highest BCUT2D eigenvalue weighted by molar-refractivity contribution is 5.80. The molecule has 1 unspecified atom stereocenters. The number of benzene rings is 2. The van der Waals surface area contributed by atoms with Crippen molar-refractivity contribution in [3.05, 3.63) is 90.3 Å². The molecule has 0 saturated heterocycles. The van der Waals surface area contributed by atoms with Gasteiger partial charge in [0, 0.05) is 37.9 Å². The number of halogens is 1. The van der Waals surface area contributed by atoms with Crippen molar-refractivity contribution in [3.8, 4) is 0 Å². The second kappa shape index (κ2) is 9.25. The minimum atomic E-state index is -0.578. The molecule has 0 aliphatic rings. The number of carbonyl (C=O) groups is 1. The fraction of sp³-hybridized carbons (Fsp3) is 0.174. The number of para-hydroxylation sites is 1. The van der Waals surface area contributed by atoms with Crippen molar-refractivity contribution in [2.24, 2.45) is 7.05 Å². The molecule has 0 aliphatic heterocycles. The fourth-order valence-corrected chi connectivity index (χ4v) is 3.35. The maximum atomic E-state index is 13.7. The molecule has 0 saturated carbocycles. The molecule has 0 radical (unpaired) electrons. The van der Waals surface area contributed by atoms with E-state index in [2.05, 4.69) is 25.9 Å². The number of pyridine rings is 1. The maximum absolute atomic E-state index is 13.7. The zero-order valence-electron chi connectivity index (χ0n) is 17.0. The number of hydrogen-bond donors (Lipinski definition) is 3. The number of fused-ring (bicyclic) bond motifs is 1. The average Bonchev–Trinajstić information content (AvgIpc) is 3.20. The summed E-state index contributed by atoms with van der Waals surface area (Å²) in [5.74, 6) is 0.983. The Labute approximate surface area is 179 Å². The molecule has 158 valence electrons. The molecule has 0 aliphatic carbocycles. The molecule has 0 fully saturated rings. The molecule has 0 spiro atoms. The van der Waals surface area contributed by atoms with Gasteiger partial charge in [0.1, 0.15) is 23.5 Å². The van der Waals surface area contributed by atoms with E-state index >= 15 is 0 Å². The lowest BCUT2D eigenvalue weighted by Crippen LogP contribution is -2.41. The Bertz CT molecular complexity index is 1190. The third-order valence-electron chi connectivity index (χ3n) is 4.89. The zero-order valence-corrected chi connectivity index (χ0v) is 17.0. The van der Waals surface area contributed by atoms with Crippen molar-refractivity contribution in [1.29, 1.82) is 0 Å². The van der Waals surface area contributed by atoms with E-state index in [1.54, 1.807) is 29.1 Å². The van der Waals surface area contributed by atoms with Gasteiger partial charge < -0.3 is 20.5 Å². The van der Waals surface area contributed by atoms with Crippen molar-refractivity contribution >= 4 is 22.8 Å². The molecule has 4 aromatic rings. The van der Waals surface area contributed by atoms with Crippen molar-refractivity contribution in [2.45, 2.75) is 6.04 Å². The van der Waals surface area contributed by atoms with Gasteiger partial charge in [-0.2, -0.15) is 0 Å². The van der Waals surface area contributed by atoms with Gasteiger partial charge in [0.25, 0.3) is 0 Å². The first-order chi connectivity index (χ1) is 15.1. The fourth-order valence-electron chi connectivity index (χ4n) is 3.35. The van der Waals surface area contributed by atoms with Gasteiger partial charge in [-0.15, -0.1) is 0 Å². The molecule has 8 heteroatoms. The Morgan fingerprint density at radius 3 is 2.77 bits per heavy atom. The smallest absolute Gasteiger partial charge is 0.315 e. The molecule has 1 atom stereocenters. The highest BCUT2D eigenvalue weighted by Crippen LogP contribution is 2.21. The van der Waals surface area contributed by atoms with Crippen LogP contribution in [-0.4, -0.2) is 33.7 Å². The summed E-state index contributed by atoms with van der Waals surface area (Å²) in [6, 6.07) is 17.0. The Morgan fingerprint density at radius 2 is 1.97 bits per heavy atom. The summed E-state index contributed by atoms with van der Waals surface area (Å²) in [7, 11) is 1.83. The van der Waals surface area contributed by atoms with E-state index in [0.717, 1.165) is 16.7 Å². The standard InChI is InChI=1S/C23H23FN6O/c1-30-14-13-26-22(30)21(17-6-4-7-18(24)15-17)29-23(31)27-12-11-25-20-10-9-16-5-2-3-8-19(16)28-20/h2-10,13-15,21H,11-12H2,1H3,(H,25,28)(H2,27,29,31). The minimum Gasteiger partial charge on any atom is -0.368 e. The van der Waals surface area contributed by atoms with Crippen molar-refractivity contribution in [2.75, 3.05) is 18.4 Å². The van der Waals surface area contributed by atoms with Crippen LogP contribution in [0.1, 0.15) is 17.4 Å². The number of nitrogens with one attached hydrogen (secondary N) is 3. The summed E-state index contributed by atoms with van der Waals surface area (Å²) in [5.41, 5.74) is 1.52. The van der Waals surface area contributed by atoms with Crippen LogP contribution in [0.2, 0.25) is 0 Å². The van der Waals surface area contributed by atoms with Gasteiger partial charge in [-0.25, -0.2) is 19.2 Å². The van der Waals surface area contributed by atoms with Crippen molar-refractivity contribution < 1.29 is 9.18 Å². The summed E-state index contributed by atoms with van der Waals surface area (Å²) < 4.78 is 15.5. The lowest BCUT2D eigenvalue weighted by molar-refractivity contribution is 0.238. The monoisotopic (exact) mass is 418 g/mol. The predicted octanol–water partition coefficient (Wildman–Crippen LogP) is 3.61. The molecule has 0 bridgehead atoms. The zero-order chi connectivity index (χ0) is 21.6. The SMILES string of the molecule is Cn1ccnc1C(NC(=O)NCCNc1ccc2ccccc2n1)c1cccc(F)c1. The first-order valence-electron chi connectivity index (χ1n) is 9.97. The Morgan fingerprint density at radius 1 is 1.10 bits per heavy atom. The molecule has 2 aromatic heterocycles. The number of hydrogen-bond acceptors (Lipinski definition) is 4. The predicted molar refractivity (Wildman–Crippen MR) is 118 cm³/mol. The van der Waals surface area contributed by atoms with Gasteiger partial charge in [-0.05, 0) is 35.9 Å². The number of urea groups is 1. The molecule has 7 nitrogen and oxygen atoms in total. The van der Waals surface area contributed by atoms with Gasteiger partial charge in [-0.3, -0.25) is 0 Å². The number of anilines is 1. The lowest BCUT2D eigenvalue weighted by Gasteiger charge is -2.19. The van der Waals surface area contributed by atoms with Crippen LogP contribution < -0.4 is 16.0 Å². The molecule has 31 heavy (non-hydrogen) atoms. The number of aryl methyl sites for hydroxylation is 1. The Kier molecular flexibility index (Phi) is 6.07. The Hall–Kier alpha value is -3.94. The highest BCUT2D eigenvalue weighted by atomic mass is 19.1. The topological polar surface area (TPSA) is 83.9 Å². The van der Waals surface area contributed by atoms with E-state index in [0.29, 0.717) is 24.5 Å². The number of nitrogens with zero attached hydrogens (tertiary/aromatic N) is 3. The van der Waals surface area contributed by atoms with Crippen LogP contribution in [0.3, 0.4) is 0 Å². The minimum absolute atomic E-state index is 0.369. The normalized spacial score (nSPS) is 11.8. The van der Waals surface area contributed by atoms with Crippen LogP contribution in [0.4, 0.5) is 15.0 Å². The van der Waals surface area contributed by atoms with Crippen LogP contribution in [0.5, 0.6) is 0 Å². The van der Waals surface area contributed by atoms with Crippen LogP contribution in [0.25, 0.3) is 10.9 Å². The van der Waals surface area contributed by atoms with Crippen LogP contribution >= 0.6 is 0 Å². The number of imidazole rings is 1. The van der Waals surface area contributed by atoms with E-state index < -0.39 is 6.04 Å². The molecule has 2 amide bonds. The summed E-state index contributed by atoms with van der Waals surface area (Å²) in [6.07, 6.45) is 3.42. The van der Waals surface area contributed by atoms with E-state index in [4.69, 9.17) is 0 Å². The van der Waals surface area contributed by atoms with Crippen molar-refractivity contribution in [1.82, 2.24) is 25.2 Å². The number of aromatic nitrogens is 3. The number of amides is 2. The third-order valence-corrected chi connectivity index (χ3v) is 4.89. The summed E-state index contributed by atoms with van der Waals surface area (Å²) in [4.78, 5) is 21.4.